The molecule has 2 aliphatic heterocycles. The van der Waals surface area contributed by atoms with Gasteiger partial charge in [0.2, 0.25) is 0 Å². The summed E-state index contributed by atoms with van der Waals surface area (Å²) in [5, 5.41) is 72.0. The molecule has 11 atom stereocenters. The Morgan fingerprint density at radius 2 is 0.957 bits per heavy atom. The molecule has 15 heteroatoms. The molecule has 15 nitrogen and oxygen atoms in total. The normalized spacial score (nSPS) is 26.6. The average Bonchev–Trinajstić information content (AvgIpc) is 3.34. The molecule has 2 aliphatic rings. The van der Waals surface area contributed by atoms with Gasteiger partial charge >= 0.3 is 11.9 Å². The second kappa shape index (κ2) is 39.6. The summed E-state index contributed by atoms with van der Waals surface area (Å²) in [5.74, 6) is -1.06. The Hall–Kier alpha value is -4.10. The number of ether oxygens (including phenoxy) is 6. The van der Waals surface area contributed by atoms with Gasteiger partial charge in [0.1, 0.15) is 55.4 Å². The van der Waals surface area contributed by atoms with Gasteiger partial charge in [0, 0.05) is 12.8 Å². The van der Waals surface area contributed by atoms with Crippen LogP contribution >= 0.6 is 0 Å². The number of esters is 2. The minimum Gasteiger partial charge on any atom is -0.462 e. The second-order valence-corrected chi connectivity index (χ2v) is 16.6. The third kappa shape index (κ3) is 27.8. The largest absolute Gasteiger partial charge is 0.462 e. The Labute approximate surface area is 410 Å². The molecule has 5 unspecified atom stereocenters. The topological polar surface area (TPSA) is 231 Å². The zero-order chi connectivity index (χ0) is 50.3. The van der Waals surface area contributed by atoms with Crippen LogP contribution in [0.3, 0.4) is 0 Å². The van der Waals surface area contributed by atoms with Crippen molar-refractivity contribution in [2.75, 3.05) is 26.4 Å². The number of allylic oxidation sites excluding steroid dienone is 20. The molecule has 0 aromatic rings. The van der Waals surface area contributed by atoms with E-state index in [9.17, 15) is 45.3 Å². The molecule has 0 spiro atoms. The van der Waals surface area contributed by atoms with Crippen LogP contribution in [0, 0.1) is 0 Å². The van der Waals surface area contributed by atoms with Crippen molar-refractivity contribution in [1.82, 2.24) is 0 Å². The Kier molecular flexibility index (Phi) is 35.0. The minimum absolute atomic E-state index is 0.0545. The first-order valence-electron chi connectivity index (χ1n) is 24.7. The van der Waals surface area contributed by atoms with E-state index in [1.165, 1.54) is 0 Å². The van der Waals surface area contributed by atoms with E-state index in [0.717, 1.165) is 64.2 Å². The first-order chi connectivity index (χ1) is 33.5. The summed E-state index contributed by atoms with van der Waals surface area (Å²) in [5.41, 5.74) is 0. The molecular weight excluding hydrogens is 889 g/mol. The van der Waals surface area contributed by atoms with Gasteiger partial charge in [-0.15, -0.1) is 0 Å². The monoisotopic (exact) mass is 971 g/mol. The van der Waals surface area contributed by atoms with Gasteiger partial charge in [0.15, 0.2) is 18.7 Å². The van der Waals surface area contributed by atoms with Crippen molar-refractivity contribution >= 4 is 11.9 Å². The van der Waals surface area contributed by atoms with E-state index in [-0.39, 0.29) is 19.4 Å². The number of hydrogen-bond donors (Lipinski definition) is 7. The zero-order valence-corrected chi connectivity index (χ0v) is 40.7. The summed E-state index contributed by atoms with van der Waals surface area (Å²) in [4.78, 5) is 25.7. The van der Waals surface area contributed by atoms with Gasteiger partial charge in [-0.05, 0) is 70.6 Å². The minimum atomic E-state index is -1.79. The lowest BCUT2D eigenvalue weighted by atomic mass is 9.98. The van der Waals surface area contributed by atoms with Crippen LogP contribution in [0.5, 0.6) is 0 Å². The standard InChI is InChI=1S/C54H82O15/c1-3-5-7-9-11-13-15-17-18-19-20-21-22-23-25-26-28-30-32-34-36-45(56)64-39-42(67-46(57)37-35-33-31-29-27-24-16-14-12-10-8-6-4-2)40-65-53-52(63)50(61)48(59)44(69-53)41-66-54-51(62)49(60)47(58)43(38-55)68-54/h5-8,10-14,16-18,20-21,23-25,27,29,31,42-44,47-55,58-63H,3-4,9,15,19,22,26,28,30,32-41H2,1-2H3/b7-5+,8-6+,12-10+,13-11+,16-14+,18-17+,21-20+,25-23+,27-24+,31-29+/t42?,43-,44-,47+,48+,49?,50?,51?,52?,53-,54-/m1/s1. The fraction of sp³-hybridized carbons (Fsp3) is 0.593. The highest BCUT2D eigenvalue weighted by molar-refractivity contribution is 5.70. The van der Waals surface area contributed by atoms with E-state index in [2.05, 4.69) is 80.7 Å². The summed E-state index contributed by atoms with van der Waals surface area (Å²) in [6.07, 6.45) is 35.3. The molecule has 2 rings (SSSR count). The smallest absolute Gasteiger partial charge is 0.306 e. The molecule has 0 aromatic carbocycles. The van der Waals surface area contributed by atoms with Crippen LogP contribution in [0.15, 0.2) is 122 Å². The molecule has 0 aliphatic carbocycles. The summed E-state index contributed by atoms with van der Waals surface area (Å²) in [6.45, 7) is 2.18. The fourth-order valence-corrected chi connectivity index (χ4v) is 6.80. The van der Waals surface area contributed by atoms with E-state index in [0.29, 0.717) is 19.3 Å². The van der Waals surface area contributed by atoms with Gasteiger partial charge in [-0.2, -0.15) is 0 Å². The molecule has 0 bridgehead atoms. The molecule has 0 radical (unpaired) electrons. The molecule has 0 amide bonds. The molecule has 69 heavy (non-hydrogen) atoms. The highest BCUT2D eigenvalue weighted by atomic mass is 16.7. The van der Waals surface area contributed by atoms with Gasteiger partial charge in [-0.1, -0.05) is 148 Å². The Morgan fingerprint density at radius 3 is 1.55 bits per heavy atom. The van der Waals surface area contributed by atoms with Gasteiger partial charge in [-0.3, -0.25) is 9.59 Å². The van der Waals surface area contributed by atoms with Crippen molar-refractivity contribution in [1.29, 1.82) is 0 Å². The SMILES string of the molecule is CC/C=C/C=C/C=C/C=C/C=C/CCCC(=O)OC(COC(=O)CCCCCC/C=C/C/C=C/C/C=C/C/C=C/C/C=C/CC)CO[C@@H]1O[C@H](CO[C@@H]2O[C@H](CO)[C@H](O)C(O)C2O)[C@H](O)C(O)C1O. The summed E-state index contributed by atoms with van der Waals surface area (Å²) in [7, 11) is 0. The maximum Gasteiger partial charge on any atom is 0.306 e. The molecule has 0 saturated carbocycles. The summed E-state index contributed by atoms with van der Waals surface area (Å²) < 4.78 is 33.4. The number of aliphatic hydroxyl groups is 7. The third-order valence-electron chi connectivity index (χ3n) is 10.8. The maximum absolute atomic E-state index is 12.9. The van der Waals surface area contributed by atoms with Crippen LogP contribution in [-0.2, 0) is 38.0 Å². The molecule has 0 aromatic heterocycles. The molecule has 2 fully saturated rings. The van der Waals surface area contributed by atoms with Crippen molar-refractivity contribution in [3.05, 3.63) is 122 Å². The van der Waals surface area contributed by atoms with Crippen LogP contribution in [0.4, 0.5) is 0 Å². The highest BCUT2D eigenvalue weighted by Gasteiger charge is 2.47. The predicted octanol–water partition coefficient (Wildman–Crippen LogP) is 6.54. The lowest BCUT2D eigenvalue weighted by Crippen LogP contribution is -2.61. The van der Waals surface area contributed by atoms with Gasteiger partial charge in [-0.25, -0.2) is 0 Å². The number of unbranched alkanes of at least 4 members (excludes halogenated alkanes) is 5. The van der Waals surface area contributed by atoms with E-state index in [4.69, 9.17) is 28.4 Å². The van der Waals surface area contributed by atoms with Crippen molar-refractivity contribution < 1.29 is 73.8 Å². The van der Waals surface area contributed by atoms with Crippen LogP contribution < -0.4 is 0 Å². The number of carbonyl (C=O) groups is 2. The fourth-order valence-electron chi connectivity index (χ4n) is 6.80. The molecular formula is C54H82O15. The van der Waals surface area contributed by atoms with Crippen molar-refractivity contribution in [2.45, 2.75) is 178 Å². The van der Waals surface area contributed by atoms with Crippen molar-refractivity contribution in [3.63, 3.8) is 0 Å². The predicted molar refractivity (Wildman–Crippen MR) is 265 cm³/mol. The van der Waals surface area contributed by atoms with E-state index in [1.54, 1.807) is 0 Å². The van der Waals surface area contributed by atoms with Crippen molar-refractivity contribution in [3.8, 4) is 0 Å². The summed E-state index contributed by atoms with van der Waals surface area (Å²) in [6, 6.07) is 0. The van der Waals surface area contributed by atoms with Gasteiger partial charge in [0.05, 0.1) is 19.8 Å². The third-order valence-corrected chi connectivity index (χ3v) is 10.8. The number of rotatable bonds is 35. The lowest BCUT2D eigenvalue weighted by Gasteiger charge is -2.42. The molecule has 388 valence electrons. The first-order valence-corrected chi connectivity index (χ1v) is 24.7. The summed E-state index contributed by atoms with van der Waals surface area (Å²) >= 11 is 0. The van der Waals surface area contributed by atoms with Crippen LogP contribution in [0.25, 0.3) is 0 Å². The quantitative estimate of drug-likeness (QED) is 0.0155. The van der Waals surface area contributed by atoms with Crippen LogP contribution in [0.1, 0.15) is 110 Å². The molecule has 2 saturated heterocycles. The lowest BCUT2D eigenvalue weighted by molar-refractivity contribution is -0.332. The van der Waals surface area contributed by atoms with Gasteiger partial charge in [0.25, 0.3) is 0 Å². The second-order valence-electron chi connectivity index (χ2n) is 16.6. The van der Waals surface area contributed by atoms with E-state index in [1.807, 2.05) is 54.7 Å². The Balaban J connectivity index is 1.85. The van der Waals surface area contributed by atoms with Crippen LogP contribution in [0.2, 0.25) is 0 Å². The highest BCUT2D eigenvalue weighted by Crippen LogP contribution is 2.26. The number of aliphatic hydroxyl groups excluding tert-OH is 7. The van der Waals surface area contributed by atoms with E-state index < -0.39 is 99.3 Å². The molecule has 2 heterocycles. The maximum atomic E-state index is 12.9. The average molecular weight is 971 g/mol. The van der Waals surface area contributed by atoms with Crippen molar-refractivity contribution in [2.24, 2.45) is 0 Å². The van der Waals surface area contributed by atoms with Crippen LogP contribution in [-0.4, -0.2) is 142 Å². The Morgan fingerprint density at radius 1 is 0.478 bits per heavy atom. The van der Waals surface area contributed by atoms with Gasteiger partial charge < -0.3 is 64.2 Å². The molecule has 7 N–H and O–H groups in total. The Bertz CT molecular complexity index is 1660. The zero-order valence-electron chi connectivity index (χ0n) is 40.7. The number of hydrogen-bond acceptors (Lipinski definition) is 15. The van der Waals surface area contributed by atoms with E-state index >= 15 is 0 Å². The number of carbonyl (C=O) groups excluding carboxylic acids is 2. The first kappa shape index (κ1) is 61.0.